The van der Waals surface area contributed by atoms with Crippen LogP contribution in [0.1, 0.15) is 36.4 Å². The number of nitrogens with two attached hydrogens (primary N) is 2. The summed E-state index contributed by atoms with van der Waals surface area (Å²) in [6.45, 7) is 3.46. The van der Waals surface area contributed by atoms with E-state index in [1.807, 2.05) is 0 Å². The molecule has 19 heavy (non-hydrogen) atoms. The summed E-state index contributed by atoms with van der Waals surface area (Å²) in [4.78, 5) is 13.8. The highest BCUT2D eigenvalue weighted by Gasteiger charge is 2.32. The smallest absolute Gasteiger partial charge is 0.234 e. The zero-order chi connectivity index (χ0) is 13.8. The van der Waals surface area contributed by atoms with Crippen LogP contribution in [0.15, 0.2) is 24.3 Å². The quantitative estimate of drug-likeness (QED) is 0.859. The number of amides is 1. The average molecular weight is 261 g/mol. The molecular formula is C15H23N3O. The molecule has 0 radical (unpaired) electrons. The summed E-state index contributed by atoms with van der Waals surface area (Å²) < 4.78 is 0. The molecule has 2 rings (SSSR count). The Bertz CT molecular complexity index is 430. The Morgan fingerprint density at radius 1 is 1.37 bits per heavy atom. The summed E-state index contributed by atoms with van der Waals surface area (Å²) in [5.41, 5.74) is 13.9. The molecule has 0 spiro atoms. The highest BCUT2D eigenvalue weighted by atomic mass is 16.1. The summed E-state index contributed by atoms with van der Waals surface area (Å²) >= 11 is 0. The first kappa shape index (κ1) is 14.0. The number of benzene rings is 1. The van der Waals surface area contributed by atoms with E-state index in [-0.39, 0.29) is 18.0 Å². The first-order chi connectivity index (χ1) is 9.13. The number of hydrogen-bond acceptors (Lipinski definition) is 3. The molecule has 1 aromatic rings. The Kier molecular flexibility index (Phi) is 4.56. The molecule has 0 aliphatic carbocycles. The van der Waals surface area contributed by atoms with Crippen LogP contribution in [0, 0.1) is 6.92 Å². The number of aryl methyl sites for hydroxylation is 1. The van der Waals surface area contributed by atoms with Gasteiger partial charge in [0.1, 0.15) is 0 Å². The minimum Gasteiger partial charge on any atom is -0.368 e. The second-order valence-corrected chi connectivity index (χ2v) is 5.31. The van der Waals surface area contributed by atoms with Crippen molar-refractivity contribution in [3.63, 3.8) is 0 Å². The van der Waals surface area contributed by atoms with Crippen molar-refractivity contribution in [1.82, 2.24) is 4.90 Å². The first-order valence-corrected chi connectivity index (χ1v) is 6.95. The lowest BCUT2D eigenvalue weighted by Crippen LogP contribution is -2.50. The number of likely N-dealkylation sites (tertiary alicyclic amines) is 1. The van der Waals surface area contributed by atoms with Crippen molar-refractivity contribution < 1.29 is 4.79 Å². The summed E-state index contributed by atoms with van der Waals surface area (Å²) in [6, 6.07) is 8.27. The van der Waals surface area contributed by atoms with E-state index in [1.165, 1.54) is 11.1 Å². The van der Waals surface area contributed by atoms with Gasteiger partial charge in [0, 0.05) is 12.6 Å². The molecule has 1 amide bonds. The van der Waals surface area contributed by atoms with Crippen molar-refractivity contribution in [2.45, 2.75) is 38.3 Å². The molecular weight excluding hydrogens is 238 g/mol. The third kappa shape index (κ3) is 3.14. The SMILES string of the molecule is Cc1ccc(C(CN)N2CCCCC2C(N)=O)cc1. The number of primary amides is 1. The lowest BCUT2D eigenvalue weighted by Gasteiger charge is -2.39. The Morgan fingerprint density at radius 2 is 2.05 bits per heavy atom. The van der Waals surface area contributed by atoms with E-state index >= 15 is 0 Å². The van der Waals surface area contributed by atoms with Gasteiger partial charge in [-0.15, -0.1) is 0 Å². The molecule has 4 heteroatoms. The van der Waals surface area contributed by atoms with Gasteiger partial charge in [0.05, 0.1) is 6.04 Å². The van der Waals surface area contributed by atoms with Crippen molar-refractivity contribution in [2.24, 2.45) is 11.5 Å². The second kappa shape index (κ2) is 6.17. The van der Waals surface area contributed by atoms with Gasteiger partial charge in [-0.2, -0.15) is 0 Å². The second-order valence-electron chi connectivity index (χ2n) is 5.31. The van der Waals surface area contributed by atoms with Gasteiger partial charge in [0.25, 0.3) is 0 Å². The third-order valence-electron chi connectivity index (χ3n) is 3.96. The maximum Gasteiger partial charge on any atom is 0.234 e. The summed E-state index contributed by atoms with van der Waals surface area (Å²) in [7, 11) is 0. The van der Waals surface area contributed by atoms with Gasteiger partial charge >= 0.3 is 0 Å². The molecule has 0 saturated carbocycles. The Morgan fingerprint density at radius 3 is 2.63 bits per heavy atom. The van der Waals surface area contributed by atoms with E-state index in [0.717, 1.165) is 25.8 Å². The number of hydrogen-bond donors (Lipinski definition) is 2. The molecule has 1 aliphatic rings. The molecule has 1 aromatic carbocycles. The van der Waals surface area contributed by atoms with Crippen LogP contribution >= 0.6 is 0 Å². The van der Waals surface area contributed by atoms with Crippen LogP contribution in [0.4, 0.5) is 0 Å². The molecule has 4 nitrogen and oxygen atoms in total. The van der Waals surface area contributed by atoms with Crippen LogP contribution in [-0.2, 0) is 4.79 Å². The minimum atomic E-state index is -0.231. The van der Waals surface area contributed by atoms with Crippen LogP contribution in [-0.4, -0.2) is 29.9 Å². The van der Waals surface area contributed by atoms with E-state index in [2.05, 4.69) is 36.1 Å². The molecule has 1 fully saturated rings. The fourth-order valence-corrected chi connectivity index (χ4v) is 2.88. The largest absolute Gasteiger partial charge is 0.368 e. The minimum absolute atomic E-state index is 0.0819. The normalized spacial score (nSPS) is 22.1. The number of piperidine rings is 1. The van der Waals surface area contributed by atoms with Gasteiger partial charge in [-0.3, -0.25) is 9.69 Å². The van der Waals surface area contributed by atoms with Gasteiger partial charge in [0.15, 0.2) is 0 Å². The van der Waals surface area contributed by atoms with E-state index in [0.29, 0.717) is 6.54 Å². The lowest BCUT2D eigenvalue weighted by atomic mass is 9.95. The van der Waals surface area contributed by atoms with Crippen LogP contribution in [0.5, 0.6) is 0 Å². The molecule has 104 valence electrons. The van der Waals surface area contributed by atoms with Gasteiger partial charge in [0.2, 0.25) is 5.91 Å². The first-order valence-electron chi connectivity index (χ1n) is 6.95. The average Bonchev–Trinajstić information content (AvgIpc) is 2.42. The van der Waals surface area contributed by atoms with Crippen molar-refractivity contribution in [1.29, 1.82) is 0 Å². The fourth-order valence-electron chi connectivity index (χ4n) is 2.88. The predicted molar refractivity (Wildman–Crippen MR) is 76.5 cm³/mol. The molecule has 2 unspecified atom stereocenters. The Labute approximate surface area is 114 Å². The molecule has 0 bridgehead atoms. The highest BCUT2D eigenvalue weighted by Crippen LogP contribution is 2.28. The van der Waals surface area contributed by atoms with E-state index in [1.54, 1.807) is 0 Å². The molecule has 1 saturated heterocycles. The number of carbonyl (C=O) groups is 1. The maximum atomic E-state index is 11.6. The predicted octanol–water partition coefficient (Wildman–Crippen LogP) is 1.33. The standard InChI is InChI=1S/C15H23N3O/c1-11-5-7-12(8-6-11)14(10-16)18-9-3-2-4-13(18)15(17)19/h5-8,13-14H,2-4,9-10,16H2,1H3,(H2,17,19). The van der Waals surface area contributed by atoms with Crippen molar-refractivity contribution in [2.75, 3.05) is 13.1 Å². The summed E-state index contributed by atoms with van der Waals surface area (Å²) in [6.07, 6.45) is 3.01. The molecule has 0 aromatic heterocycles. The van der Waals surface area contributed by atoms with Crippen LogP contribution < -0.4 is 11.5 Å². The number of carbonyl (C=O) groups excluding carboxylic acids is 1. The van der Waals surface area contributed by atoms with E-state index in [4.69, 9.17) is 11.5 Å². The van der Waals surface area contributed by atoms with E-state index < -0.39 is 0 Å². The van der Waals surface area contributed by atoms with Crippen molar-refractivity contribution in [3.05, 3.63) is 35.4 Å². The maximum absolute atomic E-state index is 11.6. The number of rotatable bonds is 4. The van der Waals surface area contributed by atoms with E-state index in [9.17, 15) is 4.79 Å². The number of nitrogens with zero attached hydrogens (tertiary/aromatic N) is 1. The van der Waals surface area contributed by atoms with Gasteiger partial charge in [-0.1, -0.05) is 36.2 Å². The lowest BCUT2D eigenvalue weighted by molar-refractivity contribution is -0.125. The molecule has 1 heterocycles. The molecule has 2 atom stereocenters. The van der Waals surface area contributed by atoms with Crippen LogP contribution in [0.3, 0.4) is 0 Å². The topological polar surface area (TPSA) is 72.3 Å². The van der Waals surface area contributed by atoms with Crippen LogP contribution in [0.2, 0.25) is 0 Å². The summed E-state index contributed by atoms with van der Waals surface area (Å²) in [5.74, 6) is -0.231. The van der Waals surface area contributed by atoms with Crippen LogP contribution in [0.25, 0.3) is 0 Å². The van der Waals surface area contributed by atoms with Gasteiger partial charge in [-0.05, 0) is 31.9 Å². The Hall–Kier alpha value is -1.39. The zero-order valence-corrected chi connectivity index (χ0v) is 11.5. The monoisotopic (exact) mass is 261 g/mol. The van der Waals surface area contributed by atoms with Crippen molar-refractivity contribution in [3.8, 4) is 0 Å². The fraction of sp³-hybridized carbons (Fsp3) is 0.533. The zero-order valence-electron chi connectivity index (χ0n) is 11.5. The third-order valence-corrected chi connectivity index (χ3v) is 3.96. The summed E-state index contributed by atoms with van der Waals surface area (Å²) in [5, 5.41) is 0. The van der Waals surface area contributed by atoms with Gasteiger partial charge < -0.3 is 11.5 Å². The Balaban J connectivity index is 2.24. The van der Waals surface area contributed by atoms with Gasteiger partial charge in [-0.25, -0.2) is 0 Å². The highest BCUT2D eigenvalue weighted by molar-refractivity contribution is 5.80. The molecule has 4 N–H and O–H groups in total. The molecule has 1 aliphatic heterocycles. The van der Waals surface area contributed by atoms with Crippen molar-refractivity contribution >= 4 is 5.91 Å².